The number of hydrogen-bond acceptors (Lipinski definition) is 5. The number of amides is 1. The van der Waals surface area contributed by atoms with Crippen molar-refractivity contribution in [2.75, 3.05) is 13.7 Å². The molecule has 31 heavy (non-hydrogen) atoms. The van der Waals surface area contributed by atoms with Crippen LogP contribution < -0.4 is 10.1 Å². The number of carboxylic acids is 1. The molecule has 0 aromatic heterocycles. The predicted octanol–water partition coefficient (Wildman–Crippen LogP) is 3.90. The zero-order chi connectivity index (χ0) is 22.6. The number of nitrogens with one attached hydrogen (secondary N) is 1. The van der Waals surface area contributed by atoms with E-state index in [1.54, 1.807) is 24.3 Å². The molecule has 1 saturated heterocycles. The number of halogens is 1. The van der Waals surface area contributed by atoms with Crippen molar-refractivity contribution in [2.24, 2.45) is 0 Å². The Hall–Kier alpha value is -2.61. The van der Waals surface area contributed by atoms with Crippen molar-refractivity contribution in [1.29, 1.82) is 0 Å². The summed E-state index contributed by atoms with van der Waals surface area (Å²) >= 11 is 6.03. The van der Waals surface area contributed by atoms with E-state index < -0.39 is 17.6 Å². The number of hydrogen-bond donors (Lipinski definition) is 3. The van der Waals surface area contributed by atoms with Crippen molar-refractivity contribution in [2.45, 2.75) is 43.9 Å². The largest absolute Gasteiger partial charge is 0.496 e. The third kappa shape index (κ3) is 5.55. The van der Waals surface area contributed by atoms with Gasteiger partial charge in [0.2, 0.25) is 5.91 Å². The summed E-state index contributed by atoms with van der Waals surface area (Å²) < 4.78 is 11.9. The Morgan fingerprint density at radius 1 is 1.19 bits per heavy atom. The number of aromatic carboxylic acids is 1. The predicted molar refractivity (Wildman–Crippen MR) is 115 cm³/mol. The summed E-state index contributed by atoms with van der Waals surface area (Å²) in [7, 11) is 1.51. The van der Waals surface area contributed by atoms with Gasteiger partial charge in [0.05, 0.1) is 31.5 Å². The SMILES string of the molecule is COc1ccc(C(=O)O)cc1[C@H]1C[C@](C)(NC(=O)CCO)C[C@@H](c2ccc(Cl)cc2)O1. The van der Waals surface area contributed by atoms with Gasteiger partial charge in [0.1, 0.15) is 5.75 Å². The zero-order valence-electron chi connectivity index (χ0n) is 17.4. The van der Waals surface area contributed by atoms with Gasteiger partial charge >= 0.3 is 5.97 Å². The second kappa shape index (κ2) is 9.68. The van der Waals surface area contributed by atoms with Gasteiger partial charge in [-0.3, -0.25) is 4.79 Å². The lowest BCUT2D eigenvalue weighted by molar-refractivity contribution is -0.129. The Morgan fingerprint density at radius 2 is 1.87 bits per heavy atom. The summed E-state index contributed by atoms with van der Waals surface area (Å²) in [6.07, 6.45) is 0.0262. The highest BCUT2D eigenvalue weighted by atomic mass is 35.5. The molecule has 0 unspecified atom stereocenters. The molecule has 2 aromatic rings. The summed E-state index contributed by atoms with van der Waals surface area (Å²) in [6, 6.07) is 11.9. The van der Waals surface area contributed by atoms with Crippen molar-refractivity contribution in [1.82, 2.24) is 5.32 Å². The van der Waals surface area contributed by atoms with E-state index in [4.69, 9.17) is 26.2 Å². The monoisotopic (exact) mass is 447 g/mol. The standard InChI is InChI=1S/C23H26ClNO6/c1-23(25-21(27)9-10-26)12-19(14-3-6-16(24)7-4-14)31-20(13-23)17-11-15(22(28)29)5-8-18(17)30-2/h3-8,11,19-20,26H,9-10,12-13H2,1-2H3,(H,25,27)(H,28,29)/t19-,20+,23+/m0/s1. The Bertz CT molecular complexity index is 948. The third-order valence-corrected chi connectivity index (χ3v) is 5.70. The second-order valence-electron chi connectivity index (χ2n) is 7.92. The molecule has 0 aliphatic carbocycles. The highest BCUT2D eigenvalue weighted by Gasteiger charge is 2.41. The van der Waals surface area contributed by atoms with Crippen LogP contribution in [0.4, 0.5) is 0 Å². The average molecular weight is 448 g/mol. The minimum absolute atomic E-state index is 0.00451. The van der Waals surface area contributed by atoms with Gasteiger partial charge in [0, 0.05) is 35.4 Å². The van der Waals surface area contributed by atoms with Gasteiger partial charge in [-0.1, -0.05) is 23.7 Å². The first-order valence-electron chi connectivity index (χ1n) is 9.98. The molecule has 1 amide bonds. The highest BCUT2D eigenvalue weighted by Crippen LogP contribution is 2.46. The van der Waals surface area contributed by atoms with Gasteiger partial charge in [0.25, 0.3) is 0 Å². The van der Waals surface area contributed by atoms with Crippen LogP contribution in [0.5, 0.6) is 5.75 Å². The zero-order valence-corrected chi connectivity index (χ0v) is 18.2. The van der Waals surface area contributed by atoms with Gasteiger partial charge in [-0.15, -0.1) is 0 Å². The lowest BCUT2D eigenvalue weighted by Crippen LogP contribution is -2.51. The third-order valence-electron chi connectivity index (χ3n) is 5.45. The summed E-state index contributed by atoms with van der Waals surface area (Å²) in [5, 5.41) is 22.2. The normalized spacial score (nSPS) is 23.2. The highest BCUT2D eigenvalue weighted by molar-refractivity contribution is 6.30. The van der Waals surface area contributed by atoms with Crippen LogP contribution in [0.2, 0.25) is 5.02 Å². The fourth-order valence-electron chi connectivity index (χ4n) is 3.98. The van der Waals surface area contributed by atoms with Crippen LogP contribution >= 0.6 is 11.6 Å². The van der Waals surface area contributed by atoms with Crippen molar-refractivity contribution in [3.8, 4) is 5.75 Å². The first-order valence-corrected chi connectivity index (χ1v) is 10.4. The van der Waals surface area contributed by atoms with Crippen molar-refractivity contribution in [3.63, 3.8) is 0 Å². The van der Waals surface area contributed by atoms with Gasteiger partial charge in [-0.05, 0) is 42.8 Å². The molecule has 0 saturated carbocycles. The van der Waals surface area contributed by atoms with Crippen molar-refractivity contribution >= 4 is 23.5 Å². The number of carbonyl (C=O) groups is 2. The lowest BCUT2D eigenvalue weighted by atomic mass is 9.81. The molecular formula is C23H26ClNO6. The molecule has 2 aromatic carbocycles. The molecule has 3 atom stereocenters. The molecule has 0 spiro atoms. The molecule has 8 heteroatoms. The van der Waals surface area contributed by atoms with E-state index in [-0.39, 0.29) is 30.6 Å². The maximum absolute atomic E-state index is 12.3. The number of benzene rings is 2. The Kier molecular flexibility index (Phi) is 7.20. The fraction of sp³-hybridized carbons (Fsp3) is 0.391. The van der Waals surface area contributed by atoms with Crippen LogP contribution in [0.1, 0.15) is 59.9 Å². The first-order chi connectivity index (χ1) is 14.7. The molecular weight excluding hydrogens is 422 g/mol. The second-order valence-corrected chi connectivity index (χ2v) is 8.35. The summed E-state index contributed by atoms with van der Waals surface area (Å²) in [4.78, 5) is 23.8. The molecule has 166 valence electrons. The van der Waals surface area contributed by atoms with E-state index in [9.17, 15) is 14.7 Å². The average Bonchev–Trinajstić information content (AvgIpc) is 2.73. The van der Waals surface area contributed by atoms with Gasteiger partial charge in [-0.25, -0.2) is 4.79 Å². The Balaban J connectivity index is 2.00. The molecule has 3 rings (SSSR count). The number of methoxy groups -OCH3 is 1. The van der Waals surface area contributed by atoms with E-state index >= 15 is 0 Å². The smallest absolute Gasteiger partial charge is 0.335 e. The van der Waals surface area contributed by atoms with E-state index in [0.717, 1.165) is 5.56 Å². The first kappa shape index (κ1) is 23.1. The maximum Gasteiger partial charge on any atom is 0.335 e. The van der Waals surface area contributed by atoms with E-state index in [2.05, 4.69) is 5.32 Å². The van der Waals surface area contributed by atoms with Crippen molar-refractivity contribution < 1.29 is 29.3 Å². The van der Waals surface area contributed by atoms with Gasteiger partial charge in [0.15, 0.2) is 0 Å². The number of rotatable bonds is 7. The van der Waals surface area contributed by atoms with Gasteiger partial charge < -0.3 is 25.0 Å². The molecule has 1 fully saturated rings. The number of carbonyl (C=O) groups excluding carboxylic acids is 1. The molecule has 0 bridgehead atoms. The fourth-order valence-corrected chi connectivity index (χ4v) is 4.10. The number of ether oxygens (including phenoxy) is 2. The van der Waals surface area contributed by atoms with E-state index in [1.165, 1.54) is 13.2 Å². The molecule has 1 aliphatic rings. The summed E-state index contributed by atoms with van der Waals surface area (Å²) in [5.41, 5.74) is 0.969. The van der Waals surface area contributed by atoms with Crippen LogP contribution in [-0.2, 0) is 9.53 Å². The van der Waals surface area contributed by atoms with Crippen LogP contribution in [-0.4, -0.2) is 41.3 Å². The minimum Gasteiger partial charge on any atom is -0.496 e. The summed E-state index contributed by atoms with van der Waals surface area (Å²) in [5.74, 6) is -0.796. The Morgan fingerprint density at radius 3 is 2.48 bits per heavy atom. The van der Waals surface area contributed by atoms with E-state index in [1.807, 2.05) is 19.1 Å². The topological polar surface area (TPSA) is 105 Å². The molecule has 1 aliphatic heterocycles. The van der Waals surface area contributed by atoms with E-state index in [0.29, 0.717) is 29.2 Å². The molecule has 0 radical (unpaired) electrons. The number of aliphatic hydroxyl groups is 1. The number of aliphatic hydroxyl groups excluding tert-OH is 1. The summed E-state index contributed by atoms with van der Waals surface area (Å²) in [6.45, 7) is 1.69. The van der Waals surface area contributed by atoms with Crippen LogP contribution in [0.25, 0.3) is 0 Å². The maximum atomic E-state index is 12.3. The number of carboxylic acid groups (broad SMARTS) is 1. The molecule has 1 heterocycles. The van der Waals surface area contributed by atoms with Crippen LogP contribution in [0.15, 0.2) is 42.5 Å². The minimum atomic E-state index is -1.05. The molecule has 7 nitrogen and oxygen atoms in total. The van der Waals surface area contributed by atoms with Gasteiger partial charge in [-0.2, -0.15) is 0 Å². The molecule has 3 N–H and O–H groups in total. The quantitative estimate of drug-likeness (QED) is 0.594. The lowest BCUT2D eigenvalue weighted by Gasteiger charge is -2.43. The van der Waals surface area contributed by atoms with Crippen LogP contribution in [0.3, 0.4) is 0 Å². The Labute approximate surface area is 185 Å². The van der Waals surface area contributed by atoms with Crippen molar-refractivity contribution in [3.05, 3.63) is 64.2 Å². The van der Waals surface area contributed by atoms with Crippen LogP contribution in [0, 0.1) is 0 Å².